The minimum atomic E-state index is 0.0980. The highest BCUT2D eigenvalue weighted by atomic mass is 16.2. The zero-order valence-electron chi connectivity index (χ0n) is 12.9. The van der Waals surface area contributed by atoms with Gasteiger partial charge in [0, 0.05) is 25.8 Å². The highest BCUT2D eigenvalue weighted by molar-refractivity contribution is 5.98. The molecule has 0 aliphatic carbocycles. The van der Waals surface area contributed by atoms with Crippen molar-refractivity contribution in [1.29, 1.82) is 0 Å². The molecule has 1 aromatic rings. The van der Waals surface area contributed by atoms with Gasteiger partial charge < -0.3 is 10.2 Å². The summed E-state index contributed by atoms with van der Waals surface area (Å²) in [6, 6.07) is 3.68. The molecule has 1 aliphatic rings. The Kier molecular flexibility index (Phi) is 4.31. The lowest BCUT2D eigenvalue weighted by Crippen LogP contribution is -2.31. The van der Waals surface area contributed by atoms with Crippen LogP contribution in [0.4, 0.5) is 5.82 Å². The summed E-state index contributed by atoms with van der Waals surface area (Å²) < 4.78 is 0. The van der Waals surface area contributed by atoms with E-state index in [1.807, 2.05) is 24.0 Å². The van der Waals surface area contributed by atoms with Gasteiger partial charge >= 0.3 is 0 Å². The highest BCUT2D eigenvalue weighted by Crippen LogP contribution is 2.34. The molecule has 1 amide bonds. The first-order valence-corrected chi connectivity index (χ1v) is 7.41. The number of nitrogens with zero attached hydrogens (tertiary/aromatic N) is 2. The van der Waals surface area contributed by atoms with E-state index in [1.165, 1.54) is 0 Å². The number of carbonyl (C=O) groups excluding carboxylic acids is 1. The third kappa shape index (κ3) is 3.11. The fraction of sp³-hybridized carbons (Fsp3) is 0.625. The molecule has 2 heterocycles. The van der Waals surface area contributed by atoms with Crippen LogP contribution in [-0.2, 0) is 0 Å². The smallest absolute Gasteiger partial charge is 0.257 e. The molecule has 1 unspecified atom stereocenters. The van der Waals surface area contributed by atoms with Gasteiger partial charge in [-0.1, -0.05) is 20.8 Å². The average molecular weight is 275 g/mol. The quantitative estimate of drug-likeness (QED) is 0.922. The summed E-state index contributed by atoms with van der Waals surface area (Å²) in [7, 11) is 0. The van der Waals surface area contributed by atoms with Gasteiger partial charge in [-0.3, -0.25) is 4.79 Å². The molecule has 0 aromatic carbocycles. The number of amides is 1. The van der Waals surface area contributed by atoms with Gasteiger partial charge in [0.2, 0.25) is 0 Å². The predicted molar refractivity (Wildman–Crippen MR) is 81.9 cm³/mol. The molecule has 4 nitrogen and oxygen atoms in total. The fourth-order valence-corrected chi connectivity index (χ4v) is 2.71. The second-order valence-corrected chi connectivity index (χ2v) is 6.53. The summed E-state index contributed by atoms with van der Waals surface area (Å²) >= 11 is 0. The second kappa shape index (κ2) is 5.81. The lowest BCUT2D eigenvalue weighted by Gasteiger charge is -2.27. The molecule has 1 aliphatic heterocycles. The van der Waals surface area contributed by atoms with Crippen LogP contribution in [-0.4, -0.2) is 35.4 Å². The Morgan fingerprint density at radius 2 is 2.25 bits per heavy atom. The van der Waals surface area contributed by atoms with Crippen molar-refractivity contribution in [2.24, 2.45) is 11.3 Å². The first-order chi connectivity index (χ1) is 9.43. The third-order valence-corrected chi connectivity index (χ3v) is 4.08. The number of hydrogen-bond acceptors (Lipinski definition) is 3. The molecule has 0 spiro atoms. The van der Waals surface area contributed by atoms with Crippen molar-refractivity contribution in [3.05, 3.63) is 23.9 Å². The fourth-order valence-electron chi connectivity index (χ4n) is 2.71. The first kappa shape index (κ1) is 14.8. The van der Waals surface area contributed by atoms with Gasteiger partial charge in [0.15, 0.2) is 0 Å². The molecule has 1 saturated heterocycles. The number of likely N-dealkylation sites (tertiary alicyclic amines) is 1. The van der Waals surface area contributed by atoms with Crippen molar-refractivity contribution >= 4 is 11.7 Å². The lowest BCUT2D eigenvalue weighted by atomic mass is 9.80. The van der Waals surface area contributed by atoms with Gasteiger partial charge in [-0.2, -0.15) is 0 Å². The zero-order valence-corrected chi connectivity index (χ0v) is 12.9. The number of anilines is 1. The minimum absolute atomic E-state index is 0.0980. The van der Waals surface area contributed by atoms with E-state index in [0.717, 1.165) is 26.1 Å². The van der Waals surface area contributed by atoms with Crippen LogP contribution in [0.2, 0.25) is 0 Å². The van der Waals surface area contributed by atoms with E-state index in [2.05, 4.69) is 31.1 Å². The van der Waals surface area contributed by atoms with E-state index in [1.54, 1.807) is 6.20 Å². The molecular weight excluding hydrogens is 250 g/mol. The van der Waals surface area contributed by atoms with Gasteiger partial charge in [0.1, 0.15) is 5.82 Å². The van der Waals surface area contributed by atoms with E-state index in [-0.39, 0.29) is 11.3 Å². The van der Waals surface area contributed by atoms with Crippen LogP contribution < -0.4 is 5.32 Å². The summed E-state index contributed by atoms with van der Waals surface area (Å²) in [4.78, 5) is 18.9. The number of hydrogen-bond donors (Lipinski definition) is 1. The van der Waals surface area contributed by atoms with E-state index in [4.69, 9.17) is 0 Å². The van der Waals surface area contributed by atoms with Crippen molar-refractivity contribution in [2.75, 3.05) is 25.0 Å². The van der Waals surface area contributed by atoms with E-state index < -0.39 is 0 Å². The van der Waals surface area contributed by atoms with Gasteiger partial charge in [0.05, 0.1) is 5.56 Å². The van der Waals surface area contributed by atoms with Crippen molar-refractivity contribution < 1.29 is 4.79 Å². The molecule has 0 saturated carbocycles. The number of rotatable bonds is 3. The van der Waals surface area contributed by atoms with Crippen LogP contribution in [0.3, 0.4) is 0 Å². The number of carbonyl (C=O) groups is 1. The molecule has 1 atom stereocenters. The SMILES string of the molecule is CCNc1ncccc1C(=O)N1CCC(C(C)(C)C)C1. The molecule has 1 N–H and O–H groups in total. The van der Waals surface area contributed by atoms with Crippen molar-refractivity contribution in [1.82, 2.24) is 9.88 Å². The maximum Gasteiger partial charge on any atom is 0.257 e. The van der Waals surface area contributed by atoms with Crippen LogP contribution in [0.15, 0.2) is 18.3 Å². The van der Waals surface area contributed by atoms with Crippen molar-refractivity contribution in [3.8, 4) is 0 Å². The van der Waals surface area contributed by atoms with Crippen molar-refractivity contribution in [3.63, 3.8) is 0 Å². The molecule has 1 fully saturated rings. The van der Waals surface area contributed by atoms with E-state index >= 15 is 0 Å². The van der Waals surface area contributed by atoms with Gasteiger partial charge in [-0.15, -0.1) is 0 Å². The van der Waals surface area contributed by atoms with Gasteiger partial charge in [-0.25, -0.2) is 4.98 Å². The van der Waals surface area contributed by atoms with Crippen LogP contribution in [0.1, 0.15) is 44.5 Å². The summed E-state index contributed by atoms with van der Waals surface area (Å²) in [5.74, 6) is 1.37. The molecule has 0 bridgehead atoms. The maximum atomic E-state index is 12.7. The third-order valence-electron chi connectivity index (χ3n) is 4.08. The van der Waals surface area contributed by atoms with Gasteiger partial charge in [0.25, 0.3) is 5.91 Å². The Balaban J connectivity index is 2.13. The van der Waals surface area contributed by atoms with E-state index in [9.17, 15) is 4.79 Å². The number of pyridine rings is 1. The summed E-state index contributed by atoms with van der Waals surface area (Å²) in [6.45, 7) is 11.2. The average Bonchev–Trinajstić information content (AvgIpc) is 2.88. The summed E-state index contributed by atoms with van der Waals surface area (Å²) in [6.07, 6.45) is 2.81. The second-order valence-electron chi connectivity index (χ2n) is 6.53. The first-order valence-electron chi connectivity index (χ1n) is 7.41. The Hall–Kier alpha value is -1.58. The van der Waals surface area contributed by atoms with Crippen LogP contribution in [0.5, 0.6) is 0 Å². The normalized spacial score (nSPS) is 19.2. The maximum absolute atomic E-state index is 12.7. The predicted octanol–water partition coefficient (Wildman–Crippen LogP) is 3.02. The Morgan fingerprint density at radius 1 is 1.50 bits per heavy atom. The molecule has 0 radical (unpaired) electrons. The Bertz CT molecular complexity index is 479. The molecular formula is C16H25N3O. The zero-order chi connectivity index (χ0) is 14.8. The topological polar surface area (TPSA) is 45.2 Å². The van der Waals surface area contributed by atoms with E-state index in [0.29, 0.717) is 17.3 Å². The lowest BCUT2D eigenvalue weighted by molar-refractivity contribution is 0.0777. The van der Waals surface area contributed by atoms with Crippen LogP contribution in [0, 0.1) is 11.3 Å². The number of nitrogens with one attached hydrogen (secondary N) is 1. The summed E-state index contributed by atoms with van der Waals surface area (Å²) in [5, 5.41) is 3.16. The van der Waals surface area contributed by atoms with Crippen LogP contribution in [0.25, 0.3) is 0 Å². The monoisotopic (exact) mass is 275 g/mol. The Morgan fingerprint density at radius 3 is 2.85 bits per heavy atom. The highest BCUT2D eigenvalue weighted by Gasteiger charge is 2.34. The van der Waals surface area contributed by atoms with Crippen molar-refractivity contribution in [2.45, 2.75) is 34.1 Å². The summed E-state index contributed by atoms with van der Waals surface area (Å²) in [5.41, 5.74) is 0.943. The molecule has 4 heteroatoms. The Labute approximate surface area is 121 Å². The van der Waals surface area contributed by atoms with Gasteiger partial charge in [-0.05, 0) is 36.8 Å². The number of aromatic nitrogens is 1. The molecule has 1 aromatic heterocycles. The minimum Gasteiger partial charge on any atom is -0.370 e. The standard InChI is InChI=1S/C16H25N3O/c1-5-17-14-13(7-6-9-18-14)15(20)19-10-8-12(11-19)16(2,3)4/h6-7,9,12H,5,8,10-11H2,1-4H3,(H,17,18). The molecule has 2 rings (SSSR count). The van der Waals surface area contributed by atoms with Crippen LogP contribution >= 0.6 is 0 Å². The molecule has 110 valence electrons. The largest absolute Gasteiger partial charge is 0.370 e. The molecule has 20 heavy (non-hydrogen) atoms.